The van der Waals surface area contributed by atoms with Crippen LogP contribution < -0.4 is 10.6 Å². The first-order valence-electron chi connectivity index (χ1n) is 6.84. The standard InChI is InChI=1S/C15H21FN2O.ClH/c1-10-7-8-17-11(2)15(10)18-14(19)9-12-5-3-4-6-13(12)16;/h3-6,10-11,15,17H,7-9H2,1-2H3,(H,18,19);1H. The van der Waals surface area contributed by atoms with Crippen molar-refractivity contribution < 1.29 is 9.18 Å². The predicted octanol–water partition coefficient (Wildman–Crippen LogP) is 2.29. The Kier molecular flexibility index (Phi) is 6.43. The van der Waals surface area contributed by atoms with E-state index in [2.05, 4.69) is 24.5 Å². The van der Waals surface area contributed by atoms with E-state index < -0.39 is 0 Å². The normalized spacial score (nSPS) is 25.6. The smallest absolute Gasteiger partial charge is 0.224 e. The molecule has 1 aromatic carbocycles. The molecule has 1 aromatic rings. The first kappa shape index (κ1) is 16.9. The van der Waals surface area contributed by atoms with E-state index in [0.717, 1.165) is 13.0 Å². The summed E-state index contributed by atoms with van der Waals surface area (Å²) < 4.78 is 13.5. The number of amides is 1. The predicted molar refractivity (Wildman–Crippen MR) is 80.5 cm³/mol. The van der Waals surface area contributed by atoms with Gasteiger partial charge >= 0.3 is 0 Å². The van der Waals surface area contributed by atoms with Crippen molar-refractivity contribution in [2.75, 3.05) is 6.54 Å². The van der Waals surface area contributed by atoms with Gasteiger partial charge in [-0.25, -0.2) is 4.39 Å². The van der Waals surface area contributed by atoms with Crippen molar-refractivity contribution >= 4 is 18.3 Å². The molecule has 1 aliphatic rings. The summed E-state index contributed by atoms with van der Waals surface area (Å²) in [4.78, 5) is 12.0. The minimum atomic E-state index is -0.319. The van der Waals surface area contributed by atoms with Crippen LogP contribution in [0.25, 0.3) is 0 Å². The third kappa shape index (κ3) is 4.18. The first-order valence-corrected chi connectivity index (χ1v) is 6.84. The molecule has 1 fully saturated rings. The second kappa shape index (κ2) is 7.60. The van der Waals surface area contributed by atoms with Crippen LogP contribution in [-0.2, 0) is 11.2 Å². The minimum Gasteiger partial charge on any atom is -0.351 e. The summed E-state index contributed by atoms with van der Waals surface area (Å²) in [6.07, 6.45) is 1.15. The van der Waals surface area contributed by atoms with Crippen LogP contribution in [0.4, 0.5) is 4.39 Å². The molecule has 1 saturated heterocycles. The lowest BCUT2D eigenvalue weighted by Gasteiger charge is -2.36. The van der Waals surface area contributed by atoms with Crippen molar-refractivity contribution in [1.29, 1.82) is 0 Å². The van der Waals surface area contributed by atoms with Crippen LogP contribution in [0, 0.1) is 11.7 Å². The minimum absolute atomic E-state index is 0. The summed E-state index contributed by atoms with van der Waals surface area (Å²) in [5.74, 6) is 0.0128. The van der Waals surface area contributed by atoms with Gasteiger partial charge < -0.3 is 10.6 Å². The molecule has 3 nitrogen and oxygen atoms in total. The number of carbonyl (C=O) groups excluding carboxylic acids is 1. The summed E-state index contributed by atoms with van der Waals surface area (Å²) in [7, 11) is 0. The first-order chi connectivity index (χ1) is 9.08. The van der Waals surface area contributed by atoms with Crippen LogP contribution in [0.1, 0.15) is 25.8 Å². The zero-order chi connectivity index (χ0) is 13.8. The van der Waals surface area contributed by atoms with E-state index in [0.29, 0.717) is 11.5 Å². The van der Waals surface area contributed by atoms with Crippen LogP contribution in [0.3, 0.4) is 0 Å². The maximum absolute atomic E-state index is 13.5. The van der Waals surface area contributed by atoms with Crippen LogP contribution in [-0.4, -0.2) is 24.5 Å². The van der Waals surface area contributed by atoms with Gasteiger partial charge in [0.05, 0.1) is 6.42 Å². The van der Waals surface area contributed by atoms with E-state index in [1.54, 1.807) is 18.2 Å². The highest BCUT2D eigenvalue weighted by molar-refractivity contribution is 5.85. The number of carbonyl (C=O) groups is 1. The van der Waals surface area contributed by atoms with Crippen LogP contribution >= 0.6 is 12.4 Å². The van der Waals surface area contributed by atoms with E-state index in [1.807, 2.05) is 0 Å². The Bertz CT molecular complexity index is 445. The molecule has 0 bridgehead atoms. The van der Waals surface area contributed by atoms with Gasteiger partial charge in [-0.15, -0.1) is 12.4 Å². The van der Waals surface area contributed by atoms with E-state index in [-0.39, 0.29) is 42.6 Å². The van der Waals surface area contributed by atoms with Gasteiger partial charge in [-0.3, -0.25) is 4.79 Å². The Morgan fingerprint density at radius 1 is 1.40 bits per heavy atom. The van der Waals surface area contributed by atoms with E-state index in [9.17, 15) is 9.18 Å². The Morgan fingerprint density at radius 2 is 2.10 bits per heavy atom. The molecular weight excluding hydrogens is 279 g/mol. The second-order valence-corrected chi connectivity index (χ2v) is 5.37. The summed E-state index contributed by atoms with van der Waals surface area (Å²) in [6, 6.07) is 6.79. The molecular formula is C15H22ClFN2O. The van der Waals surface area contributed by atoms with Crippen molar-refractivity contribution in [1.82, 2.24) is 10.6 Å². The zero-order valence-corrected chi connectivity index (χ0v) is 12.7. The van der Waals surface area contributed by atoms with Crippen molar-refractivity contribution in [3.63, 3.8) is 0 Å². The van der Waals surface area contributed by atoms with Crippen molar-refractivity contribution in [3.05, 3.63) is 35.6 Å². The number of hydrogen-bond acceptors (Lipinski definition) is 2. The van der Waals surface area contributed by atoms with E-state index in [1.165, 1.54) is 6.07 Å². The maximum atomic E-state index is 13.5. The lowest BCUT2D eigenvalue weighted by Crippen LogP contribution is -2.56. The lowest BCUT2D eigenvalue weighted by molar-refractivity contribution is -0.121. The van der Waals surface area contributed by atoms with Gasteiger partial charge in [0.1, 0.15) is 5.82 Å². The van der Waals surface area contributed by atoms with Crippen molar-refractivity contribution in [3.8, 4) is 0 Å². The molecule has 20 heavy (non-hydrogen) atoms. The molecule has 2 rings (SSSR count). The van der Waals surface area contributed by atoms with Gasteiger partial charge in [0.15, 0.2) is 0 Å². The third-order valence-electron chi connectivity index (χ3n) is 3.85. The lowest BCUT2D eigenvalue weighted by atomic mass is 9.89. The average molecular weight is 301 g/mol. The molecule has 112 valence electrons. The van der Waals surface area contributed by atoms with Gasteiger partial charge in [0.25, 0.3) is 0 Å². The summed E-state index contributed by atoms with van der Waals surface area (Å²) in [5.41, 5.74) is 0.448. The highest BCUT2D eigenvalue weighted by atomic mass is 35.5. The molecule has 0 radical (unpaired) electrons. The Labute approximate surface area is 125 Å². The molecule has 2 N–H and O–H groups in total. The van der Waals surface area contributed by atoms with Gasteiger partial charge in [0, 0.05) is 12.1 Å². The van der Waals surface area contributed by atoms with Crippen molar-refractivity contribution in [2.24, 2.45) is 5.92 Å². The van der Waals surface area contributed by atoms with Crippen molar-refractivity contribution in [2.45, 2.75) is 38.8 Å². The molecule has 0 spiro atoms. The average Bonchev–Trinajstić information content (AvgIpc) is 2.37. The van der Waals surface area contributed by atoms with Gasteiger partial charge in [-0.2, -0.15) is 0 Å². The van der Waals surface area contributed by atoms with Gasteiger partial charge in [-0.1, -0.05) is 25.1 Å². The number of benzene rings is 1. The van der Waals surface area contributed by atoms with Crippen LogP contribution in [0.2, 0.25) is 0 Å². The van der Waals surface area contributed by atoms with E-state index in [4.69, 9.17) is 0 Å². The fraction of sp³-hybridized carbons (Fsp3) is 0.533. The molecule has 1 heterocycles. The third-order valence-corrected chi connectivity index (χ3v) is 3.85. The monoisotopic (exact) mass is 300 g/mol. The molecule has 0 aromatic heterocycles. The number of nitrogens with one attached hydrogen (secondary N) is 2. The fourth-order valence-electron chi connectivity index (χ4n) is 2.66. The second-order valence-electron chi connectivity index (χ2n) is 5.37. The number of rotatable bonds is 3. The summed E-state index contributed by atoms with van der Waals surface area (Å²) >= 11 is 0. The molecule has 1 amide bonds. The number of halogens is 2. The van der Waals surface area contributed by atoms with Gasteiger partial charge in [0.2, 0.25) is 5.91 Å². The van der Waals surface area contributed by atoms with Crippen LogP contribution in [0.5, 0.6) is 0 Å². The number of piperidine rings is 1. The fourth-order valence-corrected chi connectivity index (χ4v) is 2.66. The Morgan fingerprint density at radius 3 is 2.75 bits per heavy atom. The van der Waals surface area contributed by atoms with Crippen LogP contribution in [0.15, 0.2) is 24.3 Å². The molecule has 1 aliphatic heterocycles. The zero-order valence-electron chi connectivity index (χ0n) is 11.9. The molecule has 0 aliphatic carbocycles. The quantitative estimate of drug-likeness (QED) is 0.899. The Balaban J connectivity index is 0.00000200. The largest absolute Gasteiger partial charge is 0.351 e. The summed E-state index contributed by atoms with van der Waals surface area (Å²) in [6.45, 7) is 5.21. The van der Waals surface area contributed by atoms with Gasteiger partial charge in [-0.05, 0) is 37.4 Å². The highest BCUT2D eigenvalue weighted by Crippen LogP contribution is 2.16. The number of hydrogen-bond donors (Lipinski definition) is 2. The van der Waals surface area contributed by atoms with E-state index >= 15 is 0 Å². The maximum Gasteiger partial charge on any atom is 0.224 e. The highest BCUT2D eigenvalue weighted by Gasteiger charge is 2.28. The molecule has 3 unspecified atom stereocenters. The SMILES string of the molecule is CC1CCNC(C)C1NC(=O)Cc1ccccc1F.Cl. The molecule has 3 atom stereocenters. The topological polar surface area (TPSA) is 41.1 Å². The Hall–Kier alpha value is -1.13. The molecule has 0 saturated carbocycles. The summed E-state index contributed by atoms with van der Waals surface area (Å²) in [5, 5.41) is 6.38. The molecule has 5 heteroatoms.